The van der Waals surface area contributed by atoms with Crippen LogP contribution in [-0.2, 0) is 4.74 Å². The summed E-state index contributed by atoms with van der Waals surface area (Å²) in [5.74, 6) is 0.924. The second-order valence-electron chi connectivity index (χ2n) is 4.92. The maximum atomic E-state index is 9.03. The number of nitrogens with zero attached hydrogens (tertiary/aromatic N) is 4. The molecule has 5 nitrogen and oxygen atoms in total. The number of aliphatic imine (C=N–C) groups is 3. The zero-order chi connectivity index (χ0) is 15.9. The Hall–Kier alpha value is -3.26. The summed E-state index contributed by atoms with van der Waals surface area (Å²) in [6.45, 7) is 0. The number of hydrogen-bond acceptors (Lipinski definition) is 5. The molecule has 1 unspecified atom stereocenters. The van der Waals surface area contributed by atoms with Gasteiger partial charge >= 0.3 is 0 Å². The standard InChI is InChI=1S/C18H14N4O/c19-11-14-4-2-8-20-13-22-16-7-1-5-15(16)6-3-9-21-17-10-18(17)23-12-14/h1-9,12-13,15H,10H2/b4-2?,6-3+,14-12?,20-8?,21-9?,22-13?. The molecule has 0 bridgehead atoms. The zero-order valence-electron chi connectivity index (χ0n) is 12.3. The van der Waals surface area contributed by atoms with Crippen molar-refractivity contribution in [3.05, 3.63) is 71.5 Å². The van der Waals surface area contributed by atoms with Gasteiger partial charge in [-0.1, -0.05) is 18.2 Å². The molecule has 0 aromatic rings. The molecule has 0 amide bonds. The summed E-state index contributed by atoms with van der Waals surface area (Å²) in [4.78, 5) is 12.7. The third-order valence-corrected chi connectivity index (χ3v) is 3.27. The lowest BCUT2D eigenvalue weighted by Crippen LogP contribution is -1.91. The third kappa shape index (κ3) is 4.11. The van der Waals surface area contributed by atoms with E-state index in [2.05, 4.69) is 21.1 Å². The molecule has 5 heteroatoms. The third-order valence-electron chi connectivity index (χ3n) is 3.27. The van der Waals surface area contributed by atoms with Gasteiger partial charge in [-0.15, -0.1) is 0 Å². The number of hydrogen-bond donors (Lipinski definition) is 0. The van der Waals surface area contributed by atoms with Gasteiger partial charge in [0.05, 0.1) is 23.4 Å². The molecule has 0 spiro atoms. The molecule has 1 heterocycles. The quantitative estimate of drug-likeness (QED) is 0.688. The van der Waals surface area contributed by atoms with E-state index in [0.717, 1.165) is 17.2 Å². The molecule has 1 aliphatic heterocycles. The SMILES string of the molecule is N#CC1=COC2=C(C2)N=C/C=C/C2C=CC=C2N=CN=CC=C1. The van der Waals surface area contributed by atoms with Crippen molar-refractivity contribution in [1.82, 2.24) is 0 Å². The molecule has 1 atom stereocenters. The molecule has 3 rings (SSSR count). The average Bonchev–Trinajstić information content (AvgIpc) is 3.16. The lowest BCUT2D eigenvalue weighted by Gasteiger charge is -2.01. The maximum Gasteiger partial charge on any atom is 0.131 e. The molecule has 0 saturated heterocycles. The minimum atomic E-state index is 0.134. The fraction of sp³-hybridized carbons (Fsp3) is 0.111. The Labute approximate surface area is 134 Å². The number of fused-ring (bicyclic) bond motifs is 1. The minimum absolute atomic E-state index is 0.134. The highest BCUT2D eigenvalue weighted by atomic mass is 16.5. The topological polar surface area (TPSA) is 70.1 Å². The number of ether oxygens (including phenoxy) is 1. The van der Waals surface area contributed by atoms with Crippen molar-refractivity contribution in [2.45, 2.75) is 6.42 Å². The first kappa shape index (κ1) is 14.7. The monoisotopic (exact) mass is 302 g/mol. The summed E-state index contributed by atoms with van der Waals surface area (Å²) in [5.41, 5.74) is 2.23. The fourth-order valence-corrected chi connectivity index (χ4v) is 1.99. The van der Waals surface area contributed by atoms with Gasteiger partial charge in [0.2, 0.25) is 0 Å². The van der Waals surface area contributed by atoms with E-state index >= 15 is 0 Å². The van der Waals surface area contributed by atoms with Crippen LogP contribution in [0.2, 0.25) is 0 Å². The van der Waals surface area contributed by atoms with E-state index in [0.29, 0.717) is 12.0 Å². The van der Waals surface area contributed by atoms with Crippen molar-refractivity contribution in [1.29, 1.82) is 5.26 Å². The Bertz CT molecular complexity index is 795. The van der Waals surface area contributed by atoms with Crippen molar-refractivity contribution in [2.75, 3.05) is 0 Å². The predicted molar refractivity (Wildman–Crippen MR) is 90.9 cm³/mol. The van der Waals surface area contributed by atoms with Crippen LogP contribution in [-0.4, -0.2) is 18.8 Å². The maximum absolute atomic E-state index is 9.03. The van der Waals surface area contributed by atoms with Gasteiger partial charge in [0.15, 0.2) is 0 Å². The Kier molecular flexibility index (Phi) is 4.55. The molecule has 2 aliphatic carbocycles. The van der Waals surface area contributed by atoms with Crippen LogP contribution in [0.5, 0.6) is 0 Å². The summed E-state index contributed by atoms with van der Waals surface area (Å²) in [5, 5.41) is 9.03. The van der Waals surface area contributed by atoms with Crippen LogP contribution in [0.1, 0.15) is 6.42 Å². The van der Waals surface area contributed by atoms with Crippen molar-refractivity contribution >= 4 is 18.8 Å². The highest BCUT2D eigenvalue weighted by Gasteiger charge is 2.22. The second-order valence-corrected chi connectivity index (χ2v) is 4.92. The molecular formula is C18H14N4O. The first-order valence-electron chi connectivity index (χ1n) is 7.17. The van der Waals surface area contributed by atoms with Gasteiger partial charge in [-0.3, -0.25) is 4.99 Å². The first-order valence-corrected chi connectivity index (χ1v) is 7.17. The highest BCUT2D eigenvalue weighted by molar-refractivity contribution is 5.81. The summed E-state index contributed by atoms with van der Waals surface area (Å²) in [6.07, 6.45) is 20.1. The molecule has 0 fully saturated rings. The molecule has 112 valence electrons. The molecular weight excluding hydrogens is 288 g/mol. The molecule has 23 heavy (non-hydrogen) atoms. The van der Waals surface area contributed by atoms with Gasteiger partial charge in [0.1, 0.15) is 24.4 Å². The van der Waals surface area contributed by atoms with Crippen LogP contribution in [0, 0.1) is 17.2 Å². The van der Waals surface area contributed by atoms with E-state index in [4.69, 9.17) is 10.00 Å². The number of nitriles is 1. The van der Waals surface area contributed by atoms with Gasteiger partial charge in [0.25, 0.3) is 0 Å². The van der Waals surface area contributed by atoms with Gasteiger partial charge in [0, 0.05) is 18.3 Å². The Balaban J connectivity index is 1.82. The van der Waals surface area contributed by atoms with E-state index in [1.807, 2.05) is 30.4 Å². The average molecular weight is 302 g/mol. The smallest absolute Gasteiger partial charge is 0.131 e. The van der Waals surface area contributed by atoms with E-state index < -0.39 is 0 Å². The van der Waals surface area contributed by atoms with Crippen LogP contribution in [0.4, 0.5) is 0 Å². The predicted octanol–water partition coefficient (Wildman–Crippen LogP) is 3.39. The van der Waals surface area contributed by atoms with Crippen LogP contribution in [0.15, 0.2) is 86.5 Å². The van der Waals surface area contributed by atoms with E-state index in [-0.39, 0.29) is 5.92 Å². The summed E-state index contributed by atoms with van der Waals surface area (Å²) >= 11 is 0. The molecule has 0 N–H and O–H groups in total. The second kappa shape index (κ2) is 7.14. The van der Waals surface area contributed by atoms with E-state index in [1.165, 1.54) is 12.6 Å². The van der Waals surface area contributed by atoms with Gasteiger partial charge in [-0.05, 0) is 24.3 Å². The van der Waals surface area contributed by atoms with Crippen LogP contribution in [0.3, 0.4) is 0 Å². The Morgan fingerprint density at radius 3 is 2.96 bits per heavy atom. The molecule has 0 radical (unpaired) electrons. The fourth-order valence-electron chi connectivity index (χ4n) is 1.99. The van der Waals surface area contributed by atoms with Crippen molar-refractivity contribution in [3.8, 4) is 6.07 Å². The van der Waals surface area contributed by atoms with Gasteiger partial charge in [-0.25, -0.2) is 9.98 Å². The van der Waals surface area contributed by atoms with Crippen molar-refractivity contribution < 1.29 is 4.74 Å². The molecule has 0 aromatic heterocycles. The number of rotatable bonds is 0. The summed E-state index contributed by atoms with van der Waals surface area (Å²) in [6, 6.07) is 2.05. The number of allylic oxidation sites excluding steroid dienone is 9. The lowest BCUT2D eigenvalue weighted by atomic mass is 10.1. The normalized spacial score (nSPS) is 24.0. The Morgan fingerprint density at radius 2 is 2.04 bits per heavy atom. The summed E-state index contributed by atoms with van der Waals surface area (Å²) in [7, 11) is 0. The first-order chi connectivity index (χ1) is 11.4. The molecule has 3 aliphatic rings. The van der Waals surface area contributed by atoms with Crippen LogP contribution in [0.25, 0.3) is 0 Å². The van der Waals surface area contributed by atoms with E-state index in [9.17, 15) is 0 Å². The van der Waals surface area contributed by atoms with Crippen molar-refractivity contribution in [2.24, 2.45) is 20.9 Å². The molecule has 0 aromatic carbocycles. The molecule has 0 saturated carbocycles. The van der Waals surface area contributed by atoms with E-state index in [1.54, 1.807) is 24.6 Å². The van der Waals surface area contributed by atoms with Gasteiger partial charge in [-0.2, -0.15) is 5.26 Å². The zero-order valence-corrected chi connectivity index (χ0v) is 12.3. The van der Waals surface area contributed by atoms with Crippen LogP contribution >= 0.6 is 0 Å². The largest absolute Gasteiger partial charge is 0.466 e. The van der Waals surface area contributed by atoms with Crippen molar-refractivity contribution in [3.63, 3.8) is 0 Å². The Morgan fingerprint density at radius 1 is 1.13 bits per heavy atom. The highest BCUT2D eigenvalue weighted by Crippen LogP contribution is 2.33. The van der Waals surface area contributed by atoms with Gasteiger partial charge < -0.3 is 4.74 Å². The summed E-state index contributed by atoms with van der Waals surface area (Å²) < 4.78 is 5.43. The lowest BCUT2D eigenvalue weighted by molar-refractivity contribution is 0.369. The van der Waals surface area contributed by atoms with Crippen LogP contribution < -0.4 is 0 Å². The minimum Gasteiger partial charge on any atom is -0.466 e.